The molecule has 3 rings (SSSR count). The third kappa shape index (κ3) is 2.93. The number of furan rings is 1. The van der Waals surface area contributed by atoms with Gasteiger partial charge in [-0.1, -0.05) is 30.3 Å². The van der Waals surface area contributed by atoms with E-state index in [2.05, 4.69) is 30.4 Å². The van der Waals surface area contributed by atoms with Gasteiger partial charge in [-0.25, -0.2) is 0 Å². The van der Waals surface area contributed by atoms with Gasteiger partial charge in [-0.3, -0.25) is 0 Å². The van der Waals surface area contributed by atoms with Crippen molar-refractivity contribution in [2.75, 3.05) is 7.11 Å². The summed E-state index contributed by atoms with van der Waals surface area (Å²) in [5.74, 6) is 0.881. The van der Waals surface area contributed by atoms with Crippen LogP contribution in [-0.4, -0.2) is 7.11 Å². The smallest absolute Gasteiger partial charge is 0.134 e. The van der Waals surface area contributed by atoms with Gasteiger partial charge in [0.25, 0.3) is 0 Å². The number of rotatable bonds is 5. The van der Waals surface area contributed by atoms with E-state index in [0.717, 1.165) is 17.9 Å². The molecule has 0 saturated heterocycles. The largest absolute Gasteiger partial charge is 0.497 e. The van der Waals surface area contributed by atoms with Crippen LogP contribution in [0.25, 0.3) is 11.0 Å². The number of hydrogen-bond donors (Lipinski definition) is 1. The van der Waals surface area contributed by atoms with Crippen LogP contribution in [0.5, 0.6) is 5.75 Å². The number of ether oxygens (including phenoxy) is 1. The Labute approximate surface area is 124 Å². The molecule has 108 valence electrons. The number of nitrogens with one attached hydrogen (secondary N) is 1. The summed E-state index contributed by atoms with van der Waals surface area (Å²) in [7, 11) is 1.68. The Hall–Kier alpha value is -2.26. The lowest BCUT2D eigenvalue weighted by Crippen LogP contribution is -2.17. The number of benzene rings is 2. The van der Waals surface area contributed by atoms with Gasteiger partial charge < -0.3 is 14.5 Å². The molecular weight excluding hydrogens is 262 g/mol. The van der Waals surface area contributed by atoms with Crippen LogP contribution in [-0.2, 0) is 6.54 Å². The van der Waals surface area contributed by atoms with E-state index in [1.807, 2.05) is 36.6 Å². The Morgan fingerprint density at radius 2 is 1.86 bits per heavy atom. The van der Waals surface area contributed by atoms with Gasteiger partial charge in [0.05, 0.1) is 13.4 Å². The highest BCUT2D eigenvalue weighted by atomic mass is 16.5. The summed E-state index contributed by atoms with van der Waals surface area (Å²) < 4.78 is 10.7. The molecule has 0 aliphatic rings. The monoisotopic (exact) mass is 281 g/mol. The van der Waals surface area contributed by atoms with Crippen molar-refractivity contribution in [3.8, 4) is 5.75 Å². The minimum Gasteiger partial charge on any atom is -0.497 e. The predicted octanol–water partition coefficient (Wildman–Crippen LogP) is 4.29. The summed E-state index contributed by atoms with van der Waals surface area (Å²) in [5, 5.41) is 4.70. The Bertz CT molecular complexity index is 715. The van der Waals surface area contributed by atoms with Gasteiger partial charge in [0.2, 0.25) is 0 Å². The average Bonchev–Trinajstić information content (AvgIpc) is 2.96. The van der Waals surface area contributed by atoms with Crippen molar-refractivity contribution in [1.29, 1.82) is 0 Å². The molecule has 0 unspecified atom stereocenters. The van der Waals surface area contributed by atoms with E-state index >= 15 is 0 Å². The van der Waals surface area contributed by atoms with E-state index in [4.69, 9.17) is 9.15 Å². The van der Waals surface area contributed by atoms with Gasteiger partial charge in [0.15, 0.2) is 0 Å². The van der Waals surface area contributed by atoms with E-state index in [1.165, 1.54) is 16.5 Å². The van der Waals surface area contributed by atoms with Crippen molar-refractivity contribution in [3.63, 3.8) is 0 Å². The summed E-state index contributed by atoms with van der Waals surface area (Å²) in [5.41, 5.74) is 3.36. The fourth-order valence-corrected chi connectivity index (χ4v) is 2.44. The third-order valence-electron chi connectivity index (χ3n) is 3.78. The SMILES string of the molecule is COc1ccc([C@@H](C)NCc2coc3ccccc23)cc1. The lowest BCUT2D eigenvalue weighted by atomic mass is 10.1. The molecule has 0 radical (unpaired) electrons. The summed E-state index contributed by atoms with van der Waals surface area (Å²) in [6.07, 6.45) is 1.83. The van der Waals surface area contributed by atoms with E-state index in [9.17, 15) is 0 Å². The van der Waals surface area contributed by atoms with Crippen molar-refractivity contribution >= 4 is 11.0 Å². The quantitative estimate of drug-likeness (QED) is 0.757. The van der Waals surface area contributed by atoms with Crippen LogP contribution >= 0.6 is 0 Å². The zero-order chi connectivity index (χ0) is 14.7. The van der Waals surface area contributed by atoms with Crippen LogP contribution < -0.4 is 10.1 Å². The number of methoxy groups -OCH3 is 1. The molecule has 0 fully saturated rings. The highest BCUT2D eigenvalue weighted by molar-refractivity contribution is 5.80. The van der Waals surface area contributed by atoms with Gasteiger partial charge in [0, 0.05) is 23.5 Å². The first kappa shape index (κ1) is 13.7. The first-order chi connectivity index (χ1) is 10.3. The molecule has 3 aromatic rings. The van der Waals surface area contributed by atoms with Crippen LogP contribution in [0.2, 0.25) is 0 Å². The van der Waals surface area contributed by atoms with Gasteiger partial charge in [0.1, 0.15) is 11.3 Å². The van der Waals surface area contributed by atoms with E-state index in [-0.39, 0.29) is 6.04 Å². The van der Waals surface area contributed by atoms with Crippen molar-refractivity contribution in [3.05, 3.63) is 65.9 Å². The third-order valence-corrected chi connectivity index (χ3v) is 3.78. The maximum atomic E-state index is 5.56. The van der Waals surface area contributed by atoms with Crippen molar-refractivity contribution in [2.45, 2.75) is 19.5 Å². The molecule has 3 nitrogen and oxygen atoms in total. The standard InChI is InChI=1S/C18H19NO2/c1-13(14-7-9-16(20-2)10-8-14)19-11-15-12-21-18-6-4-3-5-17(15)18/h3-10,12-13,19H,11H2,1-2H3/t13-/m1/s1. The lowest BCUT2D eigenvalue weighted by molar-refractivity contribution is 0.414. The Kier molecular flexibility index (Phi) is 3.93. The fourth-order valence-electron chi connectivity index (χ4n) is 2.44. The van der Waals surface area contributed by atoms with Gasteiger partial charge in [-0.15, -0.1) is 0 Å². The maximum absolute atomic E-state index is 5.56. The van der Waals surface area contributed by atoms with Crippen molar-refractivity contribution < 1.29 is 9.15 Å². The molecule has 0 amide bonds. The number of fused-ring (bicyclic) bond motifs is 1. The molecule has 1 heterocycles. The molecule has 1 N–H and O–H groups in total. The summed E-state index contributed by atoms with van der Waals surface area (Å²) >= 11 is 0. The highest BCUT2D eigenvalue weighted by Gasteiger charge is 2.08. The Balaban J connectivity index is 1.68. The Morgan fingerprint density at radius 3 is 2.62 bits per heavy atom. The lowest BCUT2D eigenvalue weighted by Gasteiger charge is -2.14. The maximum Gasteiger partial charge on any atom is 0.134 e. The van der Waals surface area contributed by atoms with Crippen LogP contribution in [0.3, 0.4) is 0 Å². The molecule has 2 aromatic carbocycles. The molecule has 1 aromatic heterocycles. The van der Waals surface area contributed by atoms with Gasteiger partial charge in [-0.2, -0.15) is 0 Å². The van der Waals surface area contributed by atoms with E-state index in [0.29, 0.717) is 0 Å². The second-order valence-corrected chi connectivity index (χ2v) is 5.13. The molecule has 0 aliphatic carbocycles. The van der Waals surface area contributed by atoms with E-state index < -0.39 is 0 Å². The second-order valence-electron chi connectivity index (χ2n) is 5.13. The molecule has 0 bridgehead atoms. The van der Waals surface area contributed by atoms with Crippen LogP contribution in [0, 0.1) is 0 Å². The average molecular weight is 281 g/mol. The van der Waals surface area contributed by atoms with Crippen LogP contribution in [0.15, 0.2) is 59.2 Å². The van der Waals surface area contributed by atoms with Crippen LogP contribution in [0.4, 0.5) is 0 Å². The molecule has 21 heavy (non-hydrogen) atoms. The fraction of sp³-hybridized carbons (Fsp3) is 0.222. The number of para-hydroxylation sites is 1. The molecule has 1 atom stereocenters. The molecule has 0 aliphatic heterocycles. The highest BCUT2D eigenvalue weighted by Crippen LogP contribution is 2.22. The zero-order valence-corrected chi connectivity index (χ0v) is 12.3. The van der Waals surface area contributed by atoms with Crippen molar-refractivity contribution in [1.82, 2.24) is 5.32 Å². The topological polar surface area (TPSA) is 34.4 Å². The minimum atomic E-state index is 0.268. The van der Waals surface area contributed by atoms with Crippen molar-refractivity contribution in [2.24, 2.45) is 0 Å². The number of hydrogen-bond acceptors (Lipinski definition) is 3. The van der Waals surface area contributed by atoms with Crippen LogP contribution in [0.1, 0.15) is 24.1 Å². The summed E-state index contributed by atoms with van der Waals surface area (Å²) in [6, 6.07) is 16.5. The summed E-state index contributed by atoms with van der Waals surface area (Å²) in [4.78, 5) is 0. The molecular formula is C18H19NO2. The Morgan fingerprint density at radius 1 is 1.10 bits per heavy atom. The predicted molar refractivity (Wildman–Crippen MR) is 84.5 cm³/mol. The zero-order valence-electron chi connectivity index (χ0n) is 12.3. The molecule has 0 spiro atoms. The second kappa shape index (κ2) is 6.02. The first-order valence-electron chi connectivity index (χ1n) is 7.10. The minimum absolute atomic E-state index is 0.268. The molecule has 3 heteroatoms. The van der Waals surface area contributed by atoms with Gasteiger partial charge >= 0.3 is 0 Å². The summed E-state index contributed by atoms with van der Waals surface area (Å²) in [6.45, 7) is 2.94. The van der Waals surface area contributed by atoms with E-state index in [1.54, 1.807) is 7.11 Å². The van der Waals surface area contributed by atoms with Gasteiger partial charge in [-0.05, 0) is 30.7 Å². The first-order valence-corrected chi connectivity index (χ1v) is 7.10. The normalized spacial score (nSPS) is 12.5. The molecule has 0 saturated carbocycles.